The highest BCUT2D eigenvalue weighted by atomic mass is 16.1. The van der Waals surface area contributed by atoms with Gasteiger partial charge in [0.2, 0.25) is 5.91 Å². The summed E-state index contributed by atoms with van der Waals surface area (Å²) in [7, 11) is 1.96. The average molecular weight is 293 g/mol. The van der Waals surface area contributed by atoms with Gasteiger partial charge in [0.1, 0.15) is 0 Å². The highest BCUT2D eigenvalue weighted by molar-refractivity contribution is 5.78. The summed E-state index contributed by atoms with van der Waals surface area (Å²) < 4.78 is 1.88. The number of nitrogens with one attached hydrogen (secondary N) is 1. The van der Waals surface area contributed by atoms with E-state index in [1.54, 1.807) is 0 Å². The first-order chi connectivity index (χ1) is 10.1. The quantitative estimate of drug-likeness (QED) is 0.789. The lowest BCUT2D eigenvalue weighted by atomic mass is 9.96. The number of nitrogens with two attached hydrogens (primary N) is 1. The largest absolute Gasteiger partial charge is 0.355 e. The molecule has 0 aromatic carbocycles. The molecule has 1 fully saturated rings. The van der Waals surface area contributed by atoms with Crippen LogP contribution in [0.5, 0.6) is 0 Å². The summed E-state index contributed by atoms with van der Waals surface area (Å²) in [6.45, 7) is 5.96. The van der Waals surface area contributed by atoms with Gasteiger partial charge in [-0.3, -0.25) is 14.4 Å². The van der Waals surface area contributed by atoms with E-state index in [2.05, 4.69) is 28.4 Å². The highest BCUT2D eigenvalue weighted by Gasteiger charge is 2.26. The number of aromatic nitrogens is 2. The molecule has 21 heavy (non-hydrogen) atoms. The van der Waals surface area contributed by atoms with E-state index in [1.165, 1.54) is 5.56 Å². The van der Waals surface area contributed by atoms with Crippen molar-refractivity contribution in [3.8, 4) is 0 Å². The number of amides is 1. The second kappa shape index (κ2) is 7.56. The van der Waals surface area contributed by atoms with Crippen LogP contribution in [0.25, 0.3) is 0 Å². The van der Waals surface area contributed by atoms with Gasteiger partial charge in [-0.05, 0) is 25.8 Å². The molecule has 0 spiro atoms. The third-order valence-corrected chi connectivity index (χ3v) is 4.04. The number of aryl methyl sites for hydroxylation is 2. The van der Waals surface area contributed by atoms with E-state index in [4.69, 9.17) is 5.73 Å². The fraction of sp³-hybridized carbons (Fsp3) is 0.733. The number of nitrogens with zero attached hydrogens (tertiary/aromatic N) is 3. The molecule has 1 aromatic heterocycles. The second-order valence-corrected chi connectivity index (χ2v) is 5.78. The molecule has 1 aliphatic rings. The maximum Gasteiger partial charge on any atom is 0.224 e. The Kier molecular flexibility index (Phi) is 5.76. The van der Waals surface area contributed by atoms with Crippen molar-refractivity contribution in [3.63, 3.8) is 0 Å². The van der Waals surface area contributed by atoms with Crippen molar-refractivity contribution in [1.82, 2.24) is 20.0 Å². The predicted molar refractivity (Wildman–Crippen MR) is 82.7 cm³/mol. The Labute approximate surface area is 126 Å². The smallest absolute Gasteiger partial charge is 0.224 e. The molecule has 3 N–H and O–H groups in total. The van der Waals surface area contributed by atoms with Gasteiger partial charge in [-0.15, -0.1) is 0 Å². The molecule has 1 atom stereocenters. The predicted octanol–water partition coefficient (Wildman–Crippen LogP) is 0.269. The van der Waals surface area contributed by atoms with Gasteiger partial charge in [0.05, 0.1) is 11.6 Å². The minimum absolute atomic E-state index is 0.0899. The van der Waals surface area contributed by atoms with Crippen molar-refractivity contribution in [2.24, 2.45) is 18.7 Å². The Hall–Kier alpha value is -1.40. The molecular weight excluding hydrogens is 266 g/mol. The first-order valence-corrected chi connectivity index (χ1v) is 7.85. The van der Waals surface area contributed by atoms with E-state index < -0.39 is 0 Å². The van der Waals surface area contributed by atoms with Gasteiger partial charge >= 0.3 is 0 Å². The lowest BCUT2D eigenvalue weighted by Crippen LogP contribution is -2.43. The van der Waals surface area contributed by atoms with Crippen LogP contribution in [0, 0.1) is 5.92 Å². The number of carbonyl (C=O) groups excluding carboxylic acids is 1. The Morgan fingerprint density at radius 2 is 2.38 bits per heavy atom. The molecule has 6 heteroatoms. The number of hydrogen-bond acceptors (Lipinski definition) is 4. The summed E-state index contributed by atoms with van der Waals surface area (Å²) in [6, 6.07) is 0. The number of rotatable bonds is 6. The van der Waals surface area contributed by atoms with Gasteiger partial charge in [-0.25, -0.2) is 0 Å². The van der Waals surface area contributed by atoms with E-state index >= 15 is 0 Å². The normalized spacial score (nSPS) is 19.7. The summed E-state index contributed by atoms with van der Waals surface area (Å²) in [5.41, 5.74) is 7.88. The number of piperidine rings is 1. The molecule has 1 aliphatic heterocycles. The van der Waals surface area contributed by atoms with Crippen LogP contribution < -0.4 is 11.1 Å². The molecule has 118 valence electrons. The summed E-state index contributed by atoms with van der Waals surface area (Å²) in [6.07, 6.45) is 5.09. The Morgan fingerprint density at radius 1 is 1.57 bits per heavy atom. The SMILES string of the molecule is CCc1nn(C)cc1CN1CCCC(C(=O)NCCN)C1. The third-order valence-electron chi connectivity index (χ3n) is 4.04. The van der Waals surface area contributed by atoms with E-state index in [0.717, 1.165) is 44.6 Å². The van der Waals surface area contributed by atoms with E-state index in [-0.39, 0.29) is 11.8 Å². The second-order valence-electron chi connectivity index (χ2n) is 5.78. The molecule has 6 nitrogen and oxygen atoms in total. The van der Waals surface area contributed by atoms with E-state index in [0.29, 0.717) is 13.1 Å². The Morgan fingerprint density at radius 3 is 3.10 bits per heavy atom. The minimum Gasteiger partial charge on any atom is -0.355 e. The fourth-order valence-electron chi connectivity index (χ4n) is 3.01. The lowest BCUT2D eigenvalue weighted by molar-refractivity contribution is -0.126. The van der Waals surface area contributed by atoms with Crippen LogP contribution >= 0.6 is 0 Å². The maximum absolute atomic E-state index is 12.1. The van der Waals surface area contributed by atoms with Gasteiger partial charge in [0, 0.05) is 45.0 Å². The van der Waals surface area contributed by atoms with Crippen LogP contribution in [0.4, 0.5) is 0 Å². The Bertz CT molecular complexity index is 471. The minimum atomic E-state index is 0.0899. The van der Waals surface area contributed by atoms with Crippen molar-refractivity contribution < 1.29 is 4.79 Å². The van der Waals surface area contributed by atoms with Crippen molar-refractivity contribution in [2.75, 3.05) is 26.2 Å². The van der Waals surface area contributed by atoms with E-state index in [1.807, 2.05) is 11.7 Å². The number of carbonyl (C=O) groups is 1. The van der Waals surface area contributed by atoms with Crippen LogP contribution in [-0.4, -0.2) is 46.8 Å². The molecule has 0 bridgehead atoms. The van der Waals surface area contributed by atoms with Crippen LogP contribution in [-0.2, 0) is 24.8 Å². The summed E-state index contributed by atoms with van der Waals surface area (Å²) in [5.74, 6) is 0.235. The molecule has 1 saturated heterocycles. The zero-order chi connectivity index (χ0) is 15.2. The average Bonchev–Trinajstić information content (AvgIpc) is 2.84. The molecule has 0 aliphatic carbocycles. The van der Waals surface area contributed by atoms with Crippen LogP contribution in [0.15, 0.2) is 6.20 Å². The van der Waals surface area contributed by atoms with Gasteiger partial charge in [0.25, 0.3) is 0 Å². The van der Waals surface area contributed by atoms with E-state index in [9.17, 15) is 4.79 Å². The van der Waals surface area contributed by atoms with Crippen LogP contribution in [0.3, 0.4) is 0 Å². The van der Waals surface area contributed by atoms with Crippen molar-refractivity contribution in [2.45, 2.75) is 32.7 Å². The summed E-state index contributed by atoms with van der Waals surface area (Å²) >= 11 is 0. The topological polar surface area (TPSA) is 76.2 Å². The zero-order valence-corrected chi connectivity index (χ0v) is 13.1. The molecule has 0 radical (unpaired) electrons. The molecule has 2 rings (SSSR count). The Balaban J connectivity index is 1.93. The van der Waals surface area contributed by atoms with Gasteiger partial charge in [-0.2, -0.15) is 5.10 Å². The molecule has 2 heterocycles. The third kappa shape index (κ3) is 4.28. The molecular formula is C15H27N5O. The first kappa shape index (κ1) is 16.0. The monoisotopic (exact) mass is 293 g/mol. The van der Waals surface area contributed by atoms with Crippen LogP contribution in [0.2, 0.25) is 0 Å². The highest BCUT2D eigenvalue weighted by Crippen LogP contribution is 2.20. The molecule has 1 amide bonds. The fourth-order valence-corrected chi connectivity index (χ4v) is 3.01. The summed E-state index contributed by atoms with van der Waals surface area (Å²) in [4.78, 5) is 14.4. The molecule has 0 saturated carbocycles. The standard InChI is InChI=1S/C15H27N5O/c1-3-14-13(9-19(2)18-14)11-20-8-4-5-12(10-20)15(21)17-7-6-16/h9,12H,3-8,10-11,16H2,1-2H3,(H,17,21). The van der Waals surface area contributed by atoms with Gasteiger partial charge in [0.15, 0.2) is 0 Å². The molecule has 1 aromatic rings. The number of hydrogen-bond donors (Lipinski definition) is 2. The van der Waals surface area contributed by atoms with Crippen molar-refractivity contribution in [1.29, 1.82) is 0 Å². The van der Waals surface area contributed by atoms with Gasteiger partial charge in [-0.1, -0.05) is 6.92 Å². The van der Waals surface area contributed by atoms with Crippen molar-refractivity contribution >= 4 is 5.91 Å². The summed E-state index contributed by atoms with van der Waals surface area (Å²) in [5, 5.41) is 7.39. The first-order valence-electron chi connectivity index (χ1n) is 7.85. The molecule has 1 unspecified atom stereocenters. The van der Waals surface area contributed by atoms with Crippen LogP contribution in [0.1, 0.15) is 31.0 Å². The van der Waals surface area contributed by atoms with Gasteiger partial charge < -0.3 is 11.1 Å². The number of likely N-dealkylation sites (tertiary alicyclic amines) is 1. The lowest BCUT2D eigenvalue weighted by Gasteiger charge is -2.31. The van der Waals surface area contributed by atoms with Crippen molar-refractivity contribution in [3.05, 3.63) is 17.5 Å². The zero-order valence-electron chi connectivity index (χ0n) is 13.1. The maximum atomic E-state index is 12.1.